The van der Waals surface area contributed by atoms with Gasteiger partial charge in [-0.2, -0.15) is 0 Å². The minimum atomic E-state index is -0.476. The van der Waals surface area contributed by atoms with E-state index in [9.17, 15) is 4.79 Å². The third kappa shape index (κ3) is 2.52. The van der Waals surface area contributed by atoms with Gasteiger partial charge in [0.25, 0.3) is 0 Å². The average molecular weight is 229 g/mol. The third-order valence-electron chi connectivity index (χ3n) is 2.10. The number of carbonyl (C=O) groups is 1. The largest absolute Gasteiger partial charge is 0.293 e. The molecule has 1 aromatic rings. The molecule has 1 unspecified atom stereocenters. The molecular weight excluding hydrogens is 216 g/mol. The second-order valence-corrected chi connectivity index (χ2v) is 4.35. The number of ketones is 1. The smallest absolute Gasteiger partial charge is 0.180 e. The summed E-state index contributed by atoms with van der Waals surface area (Å²) in [5, 5.41) is -0.476. The van der Waals surface area contributed by atoms with Crippen LogP contribution >= 0.6 is 24.2 Å². The van der Waals surface area contributed by atoms with Gasteiger partial charge in [-0.25, -0.2) is 0 Å². The van der Waals surface area contributed by atoms with Crippen molar-refractivity contribution in [3.8, 4) is 0 Å². The normalized spacial score (nSPS) is 12.6. The van der Waals surface area contributed by atoms with Crippen LogP contribution in [0.5, 0.6) is 0 Å². The number of Topliss-reactive ketones (excluding diaryl/α,β-unsaturated/α-hetero) is 1. The van der Waals surface area contributed by atoms with Gasteiger partial charge in [-0.15, -0.1) is 24.2 Å². The summed E-state index contributed by atoms with van der Waals surface area (Å²) >= 11 is 9.98. The molecule has 0 aliphatic rings. The summed E-state index contributed by atoms with van der Waals surface area (Å²) in [6.45, 7) is 3.71. The van der Waals surface area contributed by atoms with Crippen molar-refractivity contribution in [1.82, 2.24) is 0 Å². The Morgan fingerprint density at radius 2 is 2.21 bits per heavy atom. The van der Waals surface area contributed by atoms with Crippen LogP contribution < -0.4 is 0 Å². The van der Waals surface area contributed by atoms with E-state index in [1.807, 2.05) is 19.1 Å². The summed E-state index contributed by atoms with van der Waals surface area (Å²) in [5.41, 5.74) is 1.72. The van der Waals surface area contributed by atoms with Gasteiger partial charge in [0.15, 0.2) is 5.78 Å². The maximum atomic E-state index is 11.7. The van der Waals surface area contributed by atoms with Crippen molar-refractivity contribution in [2.75, 3.05) is 0 Å². The van der Waals surface area contributed by atoms with E-state index in [2.05, 4.69) is 12.6 Å². The van der Waals surface area contributed by atoms with E-state index in [1.165, 1.54) is 0 Å². The number of carbonyl (C=O) groups excluding carboxylic acids is 1. The van der Waals surface area contributed by atoms with Crippen LogP contribution in [0, 0.1) is 0 Å². The lowest BCUT2D eigenvalue weighted by molar-refractivity contribution is 0.0990. The highest BCUT2D eigenvalue weighted by molar-refractivity contribution is 7.80. The van der Waals surface area contributed by atoms with E-state index >= 15 is 0 Å². The Hall–Kier alpha value is -0.470. The number of benzene rings is 1. The lowest BCUT2D eigenvalue weighted by atomic mass is 10.0. The molecule has 0 bridgehead atoms. The zero-order valence-electron chi connectivity index (χ0n) is 8.25. The van der Waals surface area contributed by atoms with Crippen molar-refractivity contribution >= 4 is 30.0 Å². The third-order valence-corrected chi connectivity index (χ3v) is 2.58. The first-order valence-electron chi connectivity index (χ1n) is 4.56. The predicted molar refractivity (Wildman–Crippen MR) is 62.7 cm³/mol. The van der Waals surface area contributed by atoms with Crippen LogP contribution in [0.2, 0.25) is 0 Å². The molecule has 14 heavy (non-hydrogen) atoms. The Kier molecular flexibility index (Phi) is 4.02. The second-order valence-electron chi connectivity index (χ2n) is 3.18. The van der Waals surface area contributed by atoms with Crippen LogP contribution in [0.15, 0.2) is 23.1 Å². The van der Waals surface area contributed by atoms with Crippen LogP contribution in [0.3, 0.4) is 0 Å². The van der Waals surface area contributed by atoms with Crippen molar-refractivity contribution in [2.24, 2.45) is 0 Å². The van der Waals surface area contributed by atoms with Gasteiger partial charge in [0.2, 0.25) is 0 Å². The number of hydrogen-bond acceptors (Lipinski definition) is 2. The molecule has 0 aromatic heterocycles. The van der Waals surface area contributed by atoms with E-state index in [1.54, 1.807) is 13.0 Å². The standard InChI is InChI=1S/C11H13ClOS/c1-3-8-4-5-9(14)6-10(8)11(13)7(2)12/h4-7,14H,3H2,1-2H3. The molecule has 0 aliphatic heterocycles. The maximum Gasteiger partial charge on any atom is 0.180 e. The van der Waals surface area contributed by atoms with Crippen LogP contribution in [-0.2, 0) is 6.42 Å². The number of thiol groups is 1. The molecule has 0 N–H and O–H groups in total. The van der Waals surface area contributed by atoms with Crippen molar-refractivity contribution in [3.05, 3.63) is 29.3 Å². The highest BCUT2D eigenvalue weighted by Gasteiger charge is 2.15. The fourth-order valence-electron chi connectivity index (χ4n) is 1.32. The Bertz CT molecular complexity index is 347. The molecule has 76 valence electrons. The minimum Gasteiger partial charge on any atom is -0.293 e. The van der Waals surface area contributed by atoms with Gasteiger partial charge >= 0.3 is 0 Å². The van der Waals surface area contributed by atoms with Gasteiger partial charge in [-0.3, -0.25) is 4.79 Å². The quantitative estimate of drug-likeness (QED) is 0.477. The summed E-state index contributed by atoms with van der Waals surface area (Å²) in [4.78, 5) is 12.5. The van der Waals surface area contributed by atoms with E-state index in [4.69, 9.17) is 11.6 Å². The van der Waals surface area contributed by atoms with E-state index in [-0.39, 0.29) is 5.78 Å². The van der Waals surface area contributed by atoms with Gasteiger partial charge in [0, 0.05) is 10.5 Å². The lowest BCUT2D eigenvalue weighted by Crippen LogP contribution is -2.12. The van der Waals surface area contributed by atoms with E-state index < -0.39 is 5.38 Å². The Labute approximate surface area is 94.9 Å². The van der Waals surface area contributed by atoms with Gasteiger partial charge < -0.3 is 0 Å². The zero-order valence-corrected chi connectivity index (χ0v) is 9.90. The summed E-state index contributed by atoms with van der Waals surface area (Å²) in [6.07, 6.45) is 0.832. The second kappa shape index (κ2) is 4.85. The highest BCUT2D eigenvalue weighted by atomic mass is 35.5. The summed E-state index contributed by atoms with van der Waals surface area (Å²) in [6, 6.07) is 5.59. The molecule has 0 saturated carbocycles. The van der Waals surface area contributed by atoms with Gasteiger partial charge in [0.1, 0.15) is 0 Å². The minimum absolute atomic E-state index is 0.0283. The SMILES string of the molecule is CCc1ccc(S)cc1C(=O)C(C)Cl. The maximum absolute atomic E-state index is 11.7. The number of alkyl halides is 1. The molecule has 0 heterocycles. The molecular formula is C11H13ClOS. The molecule has 0 amide bonds. The Balaban J connectivity index is 3.17. The van der Waals surface area contributed by atoms with Crippen LogP contribution in [0.25, 0.3) is 0 Å². The molecule has 0 spiro atoms. The van der Waals surface area contributed by atoms with Crippen molar-refractivity contribution in [3.63, 3.8) is 0 Å². The molecule has 3 heteroatoms. The van der Waals surface area contributed by atoms with Crippen LogP contribution in [0.1, 0.15) is 29.8 Å². The molecule has 0 saturated heterocycles. The summed E-state index contributed by atoms with van der Waals surface area (Å²) in [5.74, 6) is -0.0283. The fourth-order valence-corrected chi connectivity index (χ4v) is 1.64. The predicted octanol–water partition coefficient (Wildman–Crippen LogP) is 3.35. The van der Waals surface area contributed by atoms with Gasteiger partial charge in [-0.05, 0) is 31.0 Å². The van der Waals surface area contributed by atoms with Crippen LogP contribution in [0.4, 0.5) is 0 Å². The van der Waals surface area contributed by atoms with Gasteiger partial charge in [0.05, 0.1) is 5.38 Å². The molecule has 1 rings (SSSR count). The van der Waals surface area contributed by atoms with Crippen molar-refractivity contribution in [2.45, 2.75) is 30.5 Å². The molecule has 1 aromatic carbocycles. The molecule has 0 radical (unpaired) electrons. The molecule has 0 fully saturated rings. The Morgan fingerprint density at radius 3 is 2.71 bits per heavy atom. The number of aryl methyl sites for hydroxylation is 1. The lowest BCUT2D eigenvalue weighted by Gasteiger charge is -2.08. The first kappa shape index (κ1) is 11.6. The number of halogens is 1. The molecule has 1 atom stereocenters. The Morgan fingerprint density at radius 1 is 1.57 bits per heavy atom. The van der Waals surface area contributed by atoms with E-state index in [0.717, 1.165) is 16.9 Å². The number of hydrogen-bond donors (Lipinski definition) is 1. The molecule has 1 nitrogen and oxygen atoms in total. The zero-order chi connectivity index (χ0) is 10.7. The first-order chi connectivity index (χ1) is 6.56. The monoisotopic (exact) mass is 228 g/mol. The van der Waals surface area contributed by atoms with Gasteiger partial charge in [-0.1, -0.05) is 13.0 Å². The fraction of sp³-hybridized carbons (Fsp3) is 0.364. The summed E-state index contributed by atoms with van der Waals surface area (Å²) < 4.78 is 0. The summed E-state index contributed by atoms with van der Waals surface area (Å²) in [7, 11) is 0. The highest BCUT2D eigenvalue weighted by Crippen LogP contribution is 2.18. The topological polar surface area (TPSA) is 17.1 Å². The molecule has 0 aliphatic carbocycles. The van der Waals surface area contributed by atoms with Crippen molar-refractivity contribution in [1.29, 1.82) is 0 Å². The van der Waals surface area contributed by atoms with Crippen molar-refractivity contribution < 1.29 is 4.79 Å². The number of rotatable bonds is 3. The van der Waals surface area contributed by atoms with Crippen LogP contribution in [-0.4, -0.2) is 11.2 Å². The average Bonchev–Trinajstić information content (AvgIpc) is 2.16. The first-order valence-corrected chi connectivity index (χ1v) is 5.44. The van der Waals surface area contributed by atoms with E-state index in [0.29, 0.717) is 5.56 Å².